The molecule has 2 aromatic carbocycles. The lowest BCUT2D eigenvalue weighted by atomic mass is 10.1. The average molecular weight is 379 g/mol. The number of rotatable bonds is 3. The van der Waals surface area contributed by atoms with Crippen LogP contribution in [0.1, 0.15) is 17.7 Å². The molecule has 0 atom stereocenters. The second-order valence-electron chi connectivity index (χ2n) is 6.50. The molecule has 0 saturated heterocycles. The summed E-state index contributed by atoms with van der Waals surface area (Å²) in [6, 6.07) is 16.1. The molecule has 140 valence electrons. The molecule has 28 heavy (non-hydrogen) atoms. The third-order valence-electron chi connectivity index (χ3n) is 4.75. The first-order chi connectivity index (χ1) is 13.6. The molecule has 0 amide bonds. The minimum absolute atomic E-state index is 0.0858. The highest BCUT2D eigenvalue weighted by Gasteiger charge is 2.22. The van der Waals surface area contributed by atoms with E-state index in [9.17, 15) is 8.78 Å². The molecule has 4 aromatic rings. The first kappa shape index (κ1) is 16.7. The predicted octanol–water partition coefficient (Wildman–Crippen LogP) is 5.06. The molecule has 0 radical (unpaired) electrons. The molecule has 1 aliphatic rings. The van der Waals surface area contributed by atoms with Crippen molar-refractivity contribution in [2.24, 2.45) is 0 Å². The molecule has 0 unspecified atom stereocenters. The Morgan fingerprint density at radius 3 is 2.57 bits per heavy atom. The van der Waals surface area contributed by atoms with Crippen LogP contribution in [0.25, 0.3) is 28.0 Å². The summed E-state index contributed by atoms with van der Waals surface area (Å²) in [4.78, 5) is 4.68. The molecule has 0 saturated carbocycles. The fraction of sp³-hybridized carbons (Fsp3) is 0.143. The van der Waals surface area contributed by atoms with Crippen molar-refractivity contribution in [3.05, 3.63) is 65.9 Å². The van der Waals surface area contributed by atoms with Crippen molar-refractivity contribution >= 4 is 11.0 Å². The van der Waals surface area contributed by atoms with E-state index in [1.165, 1.54) is 6.07 Å². The van der Waals surface area contributed by atoms with Gasteiger partial charge in [-0.25, -0.2) is 18.4 Å². The van der Waals surface area contributed by atoms with Crippen molar-refractivity contribution in [3.8, 4) is 28.4 Å². The normalized spacial score (nSPS) is 12.9. The Bertz CT molecular complexity index is 1190. The van der Waals surface area contributed by atoms with Crippen LogP contribution in [0.2, 0.25) is 0 Å². The number of aryl methyl sites for hydroxylation is 1. The van der Waals surface area contributed by atoms with Crippen molar-refractivity contribution in [2.45, 2.75) is 13.3 Å². The van der Waals surface area contributed by atoms with Gasteiger partial charge in [-0.05, 0) is 43.3 Å². The Morgan fingerprint density at radius 1 is 1.00 bits per heavy atom. The van der Waals surface area contributed by atoms with Gasteiger partial charge in [0.2, 0.25) is 6.79 Å². The molecule has 5 rings (SSSR count). The number of fused-ring (bicyclic) bond motifs is 2. The van der Waals surface area contributed by atoms with E-state index in [2.05, 4.69) is 10.1 Å². The van der Waals surface area contributed by atoms with Crippen molar-refractivity contribution < 1.29 is 18.3 Å². The Kier molecular flexibility index (Phi) is 3.75. The summed E-state index contributed by atoms with van der Waals surface area (Å²) in [7, 11) is 0. The van der Waals surface area contributed by atoms with Crippen LogP contribution in [0.4, 0.5) is 8.78 Å². The van der Waals surface area contributed by atoms with Crippen LogP contribution >= 0.6 is 0 Å². The van der Waals surface area contributed by atoms with Gasteiger partial charge in [0, 0.05) is 11.1 Å². The summed E-state index contributed by atoms with van der Waals surface area (Å²) in [5.74, 6) is 1.20. The average Bonchev–Trinajstić information content (AvgIpc) is 3.32. The number of nitrogens with zero attached hydrogens (tertiary/aromatic N) is 3. The standard InChI is InChI=1S/C21H15F2N3O2/c1-12-19-15(20(22)23)10-16(13-7-8-17-18(9-13)28-11-27-17)24-21(19)26(25-12)14-5-3-2-4-6-14/h2-10,20H,11H2,1H3. The third kappa shape index (κ3) is 2.58. The van der Waals surface area contributed by atoms with E-state index in [4.69, 9.17) is 9.47 Å². The zero-order valence-electron chi connectivity index (χ0n) is 14.9. The smallest absolute Gasteiger partial charge is 0.264 e. The number of hydrogen-bond acceptors (Lipinski definition) is 4. The summed E-state index contributed by atoms with van der Waals surface area (Å²) in [6.45, 7) is 1.86. The monoisotopic (exact) mass is 379 g/mol. The van der Waals surface area contributed by atoms with E-state index in [1.807, 2.05) is 30.3 Å². The highest BCUT2D eigenvalue weighted by Crippen LogP contribution is 2.38. The minimum atomic E-state index is -2.65. The molecule has 0 aliphatic carbocycles. The van der Waals surface area contributed by atoms with Gasteiger partial charge in [0.15, 0.2) is 17.1 Å². The lowest BCUT2D eigenvalue weighted by Crippen LogP contribution is -1.99. The quantitative estimate of drug-likeness (QED) is 0.499. The fourth-order valence-corrected chi connectivity index (χ4v) is 3.45. The maximum absolute atomic E-state index is 13.9. The molecular formula is C21H15F2N3O2. The molecule has 2 aromatic heterocycles. The lowest BCUT2D eigenvalue weighted by molar-refractivity contribution is 0.153. The van der Waals surface area contributed by atoms with Crippen molar-refractivity contribution in [2.75, 3.05) is 6.79 Å². The Morgan fingerprint density at radius 2 is 1.79 bits per heavy atom. The fourth-order valence-electron chi connectivity index (χ4n) is 3.45. The van der Waals surface area contributed by atoms with Crippen molar-refractivity contribution in [3.63, 3.8) is 0 Å². The van der Waals surface area contributed by atoms with Crippen LogP contribution in [0.15, 0.2) is 54.6 Å². The van der Waals surface area contributed by atoms with E-state index < -0.39 is 6.43 Å². The van der Waals surface area contributed by atoms with E-state index in [0.717, 1.165) is 5.69 Å². The molecule has 1 aliphatic heterocycles. The molecule has 5 nitrogen and oxygen atoms in total. The molecule has 7 heteroatoms. The number of alkyl halides is 2. The van der Waals surface area contributed by atoms with Crippen LogP contribution in [0.5, 0.6) is 11.5 Å². The van der Waals surface area contributed by atoms with Crippen molar-refractivity contribution in [1.29, 1.82) is 0 Å². The minimum Gasteiger partial charge on any atom is -0.454 e. The third-order valence-corrected chi connectivity index (χ3v) is 4.75. The summed E-state index contributed by atoms with van der Waals surface area (Å²) in [6.07, 6.45) is -2.65. The highest BCUT2D eigenvalue weighted by atomic mass is 19.3. The maximum atomic E-state index is 13.9. The van der Waals surface area contributed by atoms with Gasteiger partial charge in [-0.1, -0.05) is 18.2 Å². The van der Waals surface area contributed by atoms with Gasteiger partial charge in [-0.2, -0.15) is 5.10 Å². The second kappa shape index (κ2) is 6.30. The Hall–Kier alpha value is -3.48. The lowest BCUT2D eigenvalue weighted by Gasteiger charge is -2.09. The number of hydrogen-bond donors (Lipinski definition) is 0. The Labute approximate surface area is 159 Å². The Balaban J connectivity index is 1.77. The predicted molar refractivity (Wildman–Crippen MR) is 100 cm³/mol. The van der Waals surface area contributed by atoms with Gasteiger partial charge >= 0.3 is 0 Å². The zero-order valence-corrected chi connectivity index (χ0v) is 14.9. The van der Waals surface area contributed by atoms with Crippen LogP contribution in [-0.4, -0.2) is 21.6 Å². The first-order valence-corrected chi connectivity index (χ1v) is 8.75. The van der Waals surface area contributed by atoms with E-state index in [0.29, 0.717) is 39.5 Å². The summed E-state index contributed by atoms with van der Waals surface area (Å²) in [5.41, 5.74) is 2.69. The molecule has 0 spiro atoms. The summed E-state index contributed by atoms with van der Waals surface area (Å²) < 4.78 is 40.1. The molecule has 0 N–H and O–H groups in total. The van der Waals surface area contributed by atoms with Gasteiger partial charge in [0.1, 0.15) is 0 Å². The number of aromatic nitrogens is 3. The SMILES string of the molecule is Cc1nn(-c2ccccc2)c2nc(-c3ccc4c(c3)OCO4)cc(C(F)F)c12. The first-order valence-electron chi connectivity index (χ1n) is 8.75. The summed E-state index contributed by atoms with van der Waals surface area (Å²) >= 11 is 0. The number of para-hydroxylation sites is 1. The summed E-state index contributed by atoms with van der Waals surface area (Å²) in [5, 5.41) is 4.85. The maximum Gasteiger partial charge on any atom is 0.264 e. The molecular weight excluding hydrogens is 364 g/mol. The topological polar surface area (TPSA) is 49.2 Å². The number of pyridine rings is 1. The van der Waals surface area contributed by atoms with Crippen LogP contribution in [-0.2, 0) is 0 Å². The zero-order chi connectivity index (χ0) is 19.3. The van der Waals surface area contributed by atoms with Gasteiger partial charge in [-0.15, -0.1) is 0 Å². The molecule has 0 bridgehead atoms. The van der Waals surface area contributed by atoms with E-state index >= 15 is 0 Å². The number of ether oxygens (including phenoxy) is 2. The van der Waals surface area contributed by atoms with Crippen LogP contribution in [0.3, 0.4) is 0 Å². The van der Waals surface area contributed by atoms with Gasteiger partial charge in [0.05, 0.1) is 22.5 Å². The number of benzene rings is 2. The molecule has 0 fully saturated rings. The largest absolute Gasteiger partial charge is 0.454 e. The molecule has 3 heterocycles. The van der Waals surface area contributed by atoms with Gasteiger partial charge in [0.25, 0.3) is 6.43 Å². The van der Waals surface area contributed by atoms with E-state index in [1.54, 1.807) is 29.8 Å². The van der Waals surface area contributed by atoms with Crippen LogP contribution < -0.4 is 9.47 Å². The van der Waals surface area contributed by atoms with Crippen LogP contribution in [0, 0.1) is 6.92 Å². The van der Waals surface area contributed by atoms with E-state index in [-0.39, 0.29) is 12.4 Å². The van der Waals surface area contributed by atoms with Gasteiger partial charge in [-0.3, -0.25) is 0 Å². The van der Waals surface area contributed by atoms with Crippen molar-refractivity contribution in [1.82, 2.24) is 14.8 Å². The second-order valence-corrected chi connectivity index (χ2v) is 6.50. The van der Waals surface area contributed by atoms with Gasteiger partial charge < -0.3 is 9.47 Å². The highest BCUT2D eigenvalue weighted by molar-refractivity contribution is 5.86. The number of halogens is 2.